The maximum atomic E-state index is 11.9. The molecule has 2 rings (SSSR count). The summed E-state index contributed by atoms with van der Waals surface area (Å²) in [5.41, 5.74) is 6.28. The summed E-state index contributed by atoms with van der Waals surface area (Å²) in [5, 5.41) is 20.8. The summed E-state index contributed by atoms with van der Waals surface area (Å²) < 4.78 is 1.49. The summed E-state index contributed by atoms with van der Waals surface area (Å²) in [6.45, 7) is 3.94. The first kappa shape index (κ1) is 16.4. The number of carbonyl (C=O) groups excluding carboxylic acids is 1. The first-order chi connectivity index (χ1) is 11.0. The largest absolute Gasteiger partial charge is 0.368 e. The predicted molar refractivity (Wildman–Crippen MR) is 84.6 cm³/mol. The van der Waals surface area contributed by atoms with E-state index in [0.29, 0.717) is 12.4 Å². The Morgan fingerprint density at radius 2 is 2.09 bits per heavy atom. The van der Waals surface area contributed by atoms with Gasteiger partial charge in [0.2, 0.25) is 5.91 Å². The minimum absolute atomic E-state index is 0.0342. The topological polar surface area (TPSA) is 114 Å². The highest BCUT2D eigenvalue weighted by Gasteiger charge is 2.29. The second-order valence-corrected chi connectivity index (χ2v) is 5.56. The number of amides is 1. The van der Waals surface area contributed by atoms with Crippen LogP contribution in [0.25, 0.3) is 5.69 Å². The van der Waals surface area contributed by atoms with Gasteiger partial charge in [0.1, 0.15) is 12.6 Å². The van der Waals surface area contributed by atoms with Crippen LogP contribution in [0, 0.1) is 17.2 Å². The quantitative estimate of drug-likeness (QED) is 0.759. The maximum Gasteiger partial charge on any atom is 0.251 e. The van der Waals surface area contributed by atoms with Crippen molar-refractivity contribution >= 4 is 11.9 Å². The van der Waals surface area contributed by atoms with Gasteiger partial charge in [0, 0.05) is 0 Å². The van der Waals surface area contributed by atoms with Gasteiger partial charge in [-0.25, -0.2) is 0 Å². The minimum atomic E-state index is -0.650. The van der Waals surface area contributed by atoms with Crippen molar-refractivity contribution in [1.82, 2.24) is 20.2 Å². The van der Waals surface area contributed by atoms with Crippen LogP contribution < -0.4 is 10.6 Å². The molecule has 0 bridgehead atoms. The monoisotopic (exact) mass is 313 g/mol. The Balaban J connectivity index is 2.44. The van der Waals surface area contributed by atoms with E-state index in [1.165, 1.54) is 4.68 Å². The van der Waals surface area contributed by atoms with Gasteiger partial charge < -0.3 is 10.6 Å². The summed E-state index contributed by atoms with van der Waals surface area (Å²) in [7, 11) is 0. The van der Waals surface area contributed by atoms with Gasteiger partial charge in [0.05, 0.1) is 11.8 Å². The SMILES string of the molecule is CC(C)C[C@@H](C(N)=O)N(CC#N)c1nnnn1-c1ccccc1. The molecule has 8 nitrogen and oxygen atoms in total. The number of rotatable bonds is 7. The molecule has 8 heteroatoms. The Morgan fingerprint density at radius 1 is 1.39 bits per heavy atom. The van der Waals surface area contributed by atoms with Gasteiger partial charge in [0.15, 0.2) is 0 Å². The van der Waals surface area contributed by atoms with E-state index >= 15 is 0 Å². The van der Waals surface area contributed by atoms with Gasteiger partial charge in [0.25, 0.3) is 5.95 Å². The number of primary amides is 1. The van der Waals surface area contributed by atoms with E-state index in [4.69, 9.17) is 11.0 Å². The van der Waals surface area contributed by atoms with Crippen LogP contribution >= 0.6 is 0 Å². The third-order valence-corrected chi connectivity index (χ3v) is 3.35. The Bertz CT molecular complexity index is 689. The Kier molecular flexibility index (Phi) is 5.25. The van der Waals surface area contributed by atoms with Crippen molar-refractivity contribution in [2.45, 2.75) is 26.3 Å². The van der Waals surface area contributed by atoms with E-state index in [2.05, 4.69) is 21.6 Å². The number of para-hydroxylation sites is 1. The maximum absolute atomic E-state index is 11.9. The zero-order chi connectivity index (χ0) is 16.8. The number of nitriles is 1. The molecule has 0 radical (unpaired) electrons. The highest BCUT2D eigenvalue weighted by Crippen LogP contribution is 2.20. The van der Waals surface area contributed by atoms with E-state index < -0.39 is 11.9 Å². The molecule has 1 aromatic carbocycles. The fraction of sp³-hybridized carbons (Fsp3) is 0.400. The Labute approximate surface area is 134 Å². The van der Waals surface area contributed by atoms with Crippen molar-refractivity contribution in [1.29, 1.82) is 5.26 Å². The molecule has 2 N–H and O–H groups in total. The standard InChI is InChI=1S/C15H19N7O/c1-11(2)10-13(14(17)23)21(9-8-16)15-18-19-20-22(15)12-6-4-3-5-7-12/h3-7,11,13H,9-10H2,1-2H3,(H2,17,23)/t13-/m0/s1. The minimum Gasteiger partial charge on any atom is -0.368 e. The molecule has 0 saturated carbocycles. The van der Waals surface area contributed by atoms with Crippen molar-refractivity contribution in [2.75, 3.05) is 11.4 Å². The fourth-order valence-corrected chi connectivity index (χ4v) is 2.34. The molecule has 2 aromatic rings. The van der Waals surface area contributed by atoms with E-state index in [1.54, 1.807) is 4.90 Å². The summed E-state index contributed by atoms with van der Waals surface area (Å²) in [6, 6.07) is 10.7. The van der Waals surface area contributed by atoms with E-state index in [1.807, 2.05) is 44.2 Å². The predicted octanol–water partition coefficient (Wildman–Crippen LogP) is 0.892. The van der Waals surface area contributed by atoms with Crippen LogP contribution in [0.3, 0.4) is 0 Å². The summed E-state index contributed by atoms with van der Waals surface area (Å²) in [4.78, 5) is 13.4. The van der Waals surface area contributed by atoms with Crippen LogP contribution in [0.1, 0.15) is 20.3 Å². The first-order valence-corrected chi connectivity index (χ1v) is 7.31. The van der Waals surface area contributed by atoms with Crippen LogP contribution in [0.15, 0.2) is 30.3 Å². The average molecular weight is 313 g/mol. The number of nitrogens with two attached hydrogens (primary N) is 1. The third kappa shape index (κ3) is 3.83. The van der Waals surface area contributed by atoms with Crippen molar-refractivity contribution < 1.29 is 4.79 Å². The number of benzene rings is 1. The molecule has 23 heavy (non-hydrogen) atoms. The van der Waals surface area contributed by atoms with Gasteiger partial charge in [-0.3, -0.25) is 4.79 Å². The summed E-state index contributed by atoms with van der Waals surface area (Å²) in [6.07, 6.45) is 0.513. The van der Waals surface area contributed by atoms with Crippen LogP contribution in [-0.4, -0.2) is 38.7 Å². The normalized spacial score (nSPS) is 11.9. The highest BCUT2D eigenvalue weighted by molar-refractivity contribution is 5.83. The number of hydrogen-bond donors (Lipinski definition) is 1. The number of tetrazole rings is 1. The van der Waals surface area contributed by atoms with Crippen molar-refractivity contribution in [3.63, 3.8) is 0 Å². The molecule has 0 aliphatic carbocycles. The van der Waals surface area contributed by atoms with Gasteiger partial charge in [-0.15, -0.1) is 0 Å². The van der Waals surface area contributed by atoms with Gasteiger partial charge in [-0.05, 0) is 34.9 Å². The van der Waals surface area contributed by atoms with Gasteiger partial charge in [-0.1, -0.05) is 37.1 Å². The zero-order valence-corrected chi connectivity index (χ0v) is 13.1. The second kappa shape index (κ2) is 7.35. The smallest absolute Gasteiger partial charge is 0.251 e. The number of nitrogens with zero attached hydrogens (tertiary/aromatic N) is 6. The summed E-state index contributed by atoms with van der Waals surface area (Å²) >= 11 is 0. The lowest BCUT2D eigenvalue weighted by Crippen LogP contribution is -2.47. The lowest BCUT2D eigenvalue weighted by molar-refractivity contribution is -0.119. The molecule has 120 valence electrons. The molecular formula is C15H19N7O. The molecule has 1 amide bonds. The van der Waals surface area contributed by atoms with Crippen molar-refractivity contribution in [3.8, 4) is 11.8 Å². The molecule has 0 aliphatic rings. The molecule has 1 atom stereocenters. The molecule has 0 unspecified atom stereocenters. The zero-order valence-electron chi connectivity index (χ0n) is 13.1. The van der Waals surface area contributed by atoms with E-state index in [0.717, 1.165) is 5.69 Å². The molecular weight excluding hydrogens is 294 g/mol. The molecule has 1 heterocycles. The molecule has 0 fully saturated rings. The van der Waals surface area contributed by atoms with Crippen molar-refractivity contribution in [3.05, 3.63) is 30.3 Å². The lowest BCUT2D eigenvalue weighted by atomic mass is 10.0. The molecule has 0 spiro atoms. The summed E-state index contributed by atoms with van der Waals surface area (Å²) in [5.74, 6) is 0.0495. The highest BCUT2D eigenvalue weighted by atomic mass is 16.1. The van der Waals surface area contributed by atoms with Crippen LogP contribution in [0.5, 0.6) is 0 Å². The molecule has 0 saturated heterocycles. The second-order valence-electron chi connectivity index (χ2n) is 5.56. The van der Waals surface area contributed by atoms with E-state index in [9.17, 15) is 4.79 Å². The lowest BCUT2D eigenvalue weighted by Gasteiger charge is -2.28. The van der Waals surface area contributed by atoms with Crippen LogP contribution in [0.2, 0.25) is 0 Å². The number of carbonyl (C=O) groups is 1. The molecule has 0 aliphatic heterocycles. The first-order valence-electron chi connectivity index (χ1n) is 7.31. The number of anilines is 1. The Hall–Kier alpha value is -2.95. The fourth-order valence-electron chi connectivity index (χ4n) is 2.34. The van der Waals surface area contributed by atoms with Crippen molar-refractivity contribution in [2.24, 2.45) is 11.7 Å². The van der Waals surface area contributed by atoms with Crippen LogP contribution in [0.4, 0.5) is 5.95 Å². The number of hydrogen-bond acceptors (Lipinski definition) is 6. The number of aromatic nitrogens is 4. The van der Waals surface area contributed by atoms with Crippen LogP contribution in [-0.2, 0) is 4.79 Å². The van der Waals surface area contributed by atoms with E-state index in [-0.39, 0.29) is 12.5 Å². The third-order valence-electron chi connectivity index (χ3n) is 3.35. The Morgan fingerprint density at radius 3 is 2.65 bits per heavy atom. The van der Waals surface area contributed by atoms with Gasteiger partial charge >= 0.3 is 0 Å². The average Bonchev–Trinajstić information content (AvgIpc) is 3.00. The molecule has 1 aromatic heterocycles. The van der Waals surface area contributed by atoms with Gasteiger partial charge in [-0.2, -0.15) is 9.94 Å².